The molecule has 2 saturated heterocycles. The first-order valence-electron chi connectivity index (χ1n) is 13.7. The first-order chi connectivity index (χ1) is 21.7. The number of aliphatic hydroxyl groups excluding tert-OH is 6. The molecule has 19 heteroatoms. The van der Waals surface area contributed by atoms with Crippen LogP contribution in [0.4, 0.5) is 8.78 Å². The highest BCUT2D eigenvalue weighted by Crippen LogP contribution is 2.42. The van der Waals surface area contributed by atoms with Crippen LogP contribution in [0.1, 0.15) is 12.1 Å². The average molecular weight is 651 g/mol. The minimum absolute atomic E-state index is 0.224. The van der Waals surface area contributed by atoms with Crippen molar-refractivity contribution in [3.63, 3.8) is 0 Å². The molecular weight excluding hydrogens is 622 g/mol. The molecule has 16 nitrogen and oxygen atoms in total. The van der Waals surface area contributed by atoms with E-state index in [0.29, 0.717) is 0 Å². The second kappa shape index (κ2) is 13.1. The van der Waals surface area contributed by atoms with E-state index in [9.17, 15) is 39.4 Å². The third-order valence-electron chi connectivity index (χ3n) is 7.58. The molecule has 6 heterocycles. The maximum atomic E-state index is 13.3. The van der Waals surface area contributed by atoms with Gasteiger partial charge in [0.1, 0.15) is 82.6 Å². The van der Waals surface area contributed by atoms with Crippen molar-refractivity contribution in [1.29, 1.82) is 0 Å². The van der Waals surface area contributed by atoms with Crippen LogP contribution < -0.4 is 0 Å². The van der Waals surface area contributed by atoms with E-state index in [1.807, 2.05) is 0 Å². The van der Waals surface area contributed by atoms with Crippen LogP contribution in [-0.4, -0.2) is 131 Å². The Morgan fingerprint density at radius 2 is 1.07 bits per heavy atom. The average Bonchev–Trinajstić information content (AvgIpc) is 3.72. The second-order valence-corrected chi connectivity index (χ2v) is 11.6. The van der Waals surface area contributed by atoms with Crippen LogP contribution in [0.15, 0.2) is 49.1 Å². The third-order valence-corrected chi connectivity index (χ3v) is 8.89. The van der Waals surface area contributed by atoms with Gasteiger partial charge in [-0.1, -0.05) is 22.2 Å². The first-order valence-corrected chi connectivity index (χ1v) is 14.6. The molecule has 0 radical (unpaired) electrons. The van der Waals surface area contributed by atoms with Crippen molar-refractivity contribution in [2.24, 2.45) is 0 Å². The molecule has 2 aliphatic rings. The number of nitrogens with zero attached hydrogens (tertiary/aromatic N) is 8. The zero-order valence-electron chi connectivity index (χ0n) is 23.0. The van der Waals surface area contributed by atoms with Crippen LogP contribution in [0.5, 0.6) is 0 Å². The molecule has 6 rings (SSSR count). The van der Waals surface area contributed by atoms with E-state index >= 15 is 0 Å². The number of hydrogen-bond acceptors (Lipinski definition) is 15. The Morgan fingerprint density at radius 3 is 1.42 bits per heavy atom. The minimum Gasteiger partial charge on any atom is -0.394 e. The van der Waals surface area contributed by atoms with Crippen molar-refractivity contribution in [3.05, 3.63) is 60.7 Å². The normalized spacial score (nSPS) is 32.1. The van der Waals surface area contributed by atoms with Gasteiger partial charge in [0.05, 0.1) is 49.4 Å². The van der Waals surface area contributed by atoms with Gasteiger partial charge >= 0.3 is 0 Å². The summed E-state index contributed by atoms with van der Waals surface area (Å²) >= 11 is 0.786. The van der Waals surface area contributed by atoms with E-state index in [4.69, 9.17) is 9.47 Å². The topological polar surface area (TPSA) is 227 Å². The molecule has 45 heavy (non-hydrogen) atoms. The number of thioether (sulfide) groups is 1. The van der Waals surface area contributed by atoms with Gasteiger partial charge in [-0.3, -0.25) is 9.97 Å². The van der Waals surface area contributed by atoms with Crippen LogP contribution >= 0.6 is 11.8 Å². The molecule has 5 unspecified atom stereocenters. The van der Waals surface area contributed by atoms with Crippen LogP contribution in [0.2, 0.25) is 0 Å². The highest BCUT2D eigenvalue weighted by Gasteiger charge is 2.51. The molecule has 2 fully saturated rings. The zero-order chi connectivity index (χ0) is 31.8. The van der Waals surface area contributed by atoms with Gasteiger partial charge in [0.2, 0.25) is 0 Å². The Bertz CT molecular complexity index is 1470. The van der Waals surface area contributed by atoms with E-state index < -0.39 is 84.4 Å². The Balaban J connectivity index is 1.24. The SMILES string of the molecule is OCC1O[C@@H](SC2O[C@H](CO)C(O)C(n3cc(-c4ccc(F)cn4)nn3)[C@H]2O)C(O)[C@@H](n2cc(-c3ccc(F)cn3)nn2)[C@H]1O. The van der Waals surface area contributed by atoms with Gasteiger partial charge < -0.3 is 40.1 Å². The first kappa shape index (κ1) is 31.5. The number of pyridine rings is 2. The van der Waals surface area contributed by atoms with Gasteiger partial charge in [-0.25, -0.2) is 18.1 Å². The van der Waals surface area contributed by atoms with Crippen LogP contribution in [-0.2, 0) is 9.47 Å². The van der Waals surface area contributed by atoms with Gasteiger partial charge in [-0.15, -0.1) is 10.2 Å². The largest absolute Gasteiger partial charge is 0.394 e. The number of halogens is 2. The lowest BCUT2D eigenvalue weighted by Gasteiger charge is -2.46. The molecule has 4 aromatic heterocycles. The fourth-order valence-electron chi connectivity index (χ4n) is 5.25. The molecule has 0 spiro atoms. The number of hydrogen-bond donors (Lipinski definition) is 6. The highest BCUT2D eigenvalue weighted by atomic mass is 32.2. The Labute approximate surface area is 256 Å². The van der Waals surface area contributed by atoms with Crippen molar-refractivity contribution in [3.8, 4) is 22.8 Å². The molecular formula is C26H28F2N8O8S. The van der Waals surface area contributed by atoms with E-state index in [0.717, 1.165) is 24.2 Å². The molecule has 0 saturated carbocycles. The fraction of sp³-hybridized carbons (Fsp3) is 0.462. The monoisotopic (exact) mass is 650 g/mol. The summed E-state index contributed by atoms with van der Waals surface area (Å²) in [5.74, 6) is -1.10. The summed E-state index contributed by atoms with van der Waals surface area (Å²) in [6, 6.07) is 2.74. The van der Waals surface area contributed by atoms with Crippen molar-refractivity contribution < 1.29 is 48.9 Å². The van der Waals surface area contributed by atoms with Crippen molar-refractivity contribution in [2.45, 2.75) is 59.6 Å². The summed E-state index contributed by atoms with van der Waals surface area (Å²) in [6.07, 6.45) is -3.58. The van der Waals surface area contributed by atoms with E-state index in [2.05, 4.69) is 30.6 Å². The van der Waals surface area contributed by atoms with Crippen molar-refractivity contribution >= 4 is 11.8 Å². The molecule has 4 aromatic rings. The predicted octanol–water partition coefficient (Wildman–Crippen LogP) is -1.33. The predicted molar refractivity (Wildman–Crippen MR) is 148 cm³/mol. The lowest BCUT2D eigenvalue weighted by Crippen LogP contribution is -2.58. The van der Waals surface area contributed by atoms with E-state index in [1.165, 1.54) is 46.0 Å². The van der Waals surface area contributed by atoms with Crippen LogP contribution in [0, 0.1) is 11.6 Å². The summed E-state index contributed by atoms with van der Waals surface area (Å²) in [6.45, 7) is -1.29. The molecule has 0 bridgehead atoms. The van der Waals surface area contributed by atoms with Crippen LogP contribution in [0.25, 0.3) is 22.8 Å². The zero-order valence-corrected chi connectivity index (χ0v) is 23.9. The third kappa shape index (κ3) is 6.18. The Hall–Kier alpha value is -3.53. The number of aliphatic hydroxyl groups is 6. The molecule has 0 aromatic carbocycles. The quantitative estimate of drug-likeness (QED) is 0.130. The van der Waals surface area contributed by atoms with Crippen molar-refractivity contribution in [2.75, 3.05) is 13.2 Å². The van der Waals surface area contributed by atoms with Gasteiger partial charge in [0.15, 0.2) is 0 Å². The summed E-state index contributed by atoms with van der Waals surface area (Å²) in [5, 5.41) is 80.6. The molecule has 0 amide bonds. The number of rotatable bonds is 8. The van der Waals surface area contributed by atoms with Gasteiger partial charge in [-0.2, -0.15) is 0 Å². The van der Waals surface area contributed by atoms with Crippen LogP contribution in [0.3, 0.4) is 0 Å². The fourth-order valence-corrected chi connectivity index (χ4v) is 6.57. The summed E-state index contributed by atoms with van der Waals surface area (Å²) < 4.78 is 40.6. The van der Waals surface area contributed by atoms with Gasteiger partial charge in [-0.05, 0) is 24.3 Å². The standard InChI is InChI=1S/C26H28F2N8O8S/c27-11-1-3-13(29-5-11)15-7-35(33-31-15)19-21(39)17(9-37)43-25(23(19)41)45-26-24(42)20(22(40)18(10-38)44-26)36-8-16(32-34-36)14-4-2-12(28)6-30-14/h1-8,17-26,37-42H,9-10H2/t17-,18?,19?,20+,21?,22+,23-,24?,25?,26+/m1/s1. The summed E-state index contributed by atoms with van der Waals surface area (Å²) in [5.41, 5.74) is -1.46. The summed E-state index contributed by atoms with van der Waals surface area (Å²) in [7, 11) is 0. The maximum absolute atomic E-state index is 13.3. The van der Waals surface area contributed by atoms with Gasteiger partial charge in [0.25, 0.3) is 0 Å². The molecule has 0 aliphatic carbocycles. The van der Waals surface area contributed by atoms with Gasteiger partial charge in [0, 0.05) is 0 Å². The molecule has 2 aliphatic heterocycles. The molecule has 6 N–H and O–H groups in total. The van der Waals surface area contributed by atoms with E-state index in [-0.39, 0.29) is 22.8 Å². The maximum Gasteiger partial charge on any atom is 0.141 e. The lowest BCUT2D eigenvalue weighted by atomic mass is 9.97. The lowest BCUT2D eigenvalue weighted by molar-refractivity contribution is -0.189. The number of ether oxygens (including phenoxy) is 2. The van der Waals surface area contributed by atoms with E-state index in [1.54, 1.807) is 0 Å². The summed E-state index contributed by atoms with van der Waals surface area (Å²) in [4.78, 5) is 7.90. The highest BCUT2D eigenvalue weighted by molar-refractivity contribution is 8.00. The Kier molecular flexibility index (Phi) is 9.13. The second-order valence-electron chi connectivity index (χ2n) is 10.4. The minimum atomic E-state index is -1.51. The Morgan fingerprint density at radius 1 is 0.644 bits per heavy atom. The molecule has 240 valence electrons. The van der Waals surface area contributed by atoms with Crippen molar-refractivity contribution in [1.82, 2.24) is 40.0 Å². The number of aromatic nitrogens is 8. The molecule has 10 atom stereocenters. The smallest absolute Gasteiger partial charge is 0.141 e.